The summed E-state index contributed by atoms with van der Waals surface area (Å²) in [6, 6.07) is 3.09. The van der Waals surface area contributed by atoms with Gasteiger partial charge in [0.25, 0.3) is 0 Å². The van der Waals surface area contributed by atoms with Crippen LogP contribution in [0.15, 0.2) is 18.2 Å². The molecule has 0 atom stereocenters. The maximum atomic E-state index is 13.9. The molecule has 0 radical (unpaired) electrons. The Hall–Kier alpha value is -1.14. The molecule has 1 saturated heterocycles. The average Bonchev–Trinajstić information content (AvgIpc) is 2.24. The highest BCUT2D eigenvalue weighted by molar-refractivity contribution is 5.37. The topological polar surface area (TPSA) is 29.5 Å². The number of halogens is 4. The molecule has 0 saturated carbocycles. The number of hydrogen-bond acceptors (Lipinski definition) is 2. The molecule has 1 aliphatic rings. The lowest BCUT2D eigenvalue weighted by atomic mass is 9.91. The number of aliphatic hydroxyl groups is 1. The summed E-state index contributed by atoms with van der Waals surface area (Å²) in [5.74, 6) is 0. The molecular formula is C11H10F4O2. The minimum absolute atomic E-state index is 0.0618. The third-order valence-electron chi connectivity index (χ3n) is 2.76. The molecule has 1 aromatic carbocycles. The number of ether oxygens (including phenoxy) is 1. The van der Waals surface area contributed by atoms with E-state index in [9.17, 15) is 17.6 Å². The van der Waals surface area contributed by atoms with Crippen LogP contribution >= 0.6 is 0 Å². The molecule has 0 bridgehead atoms. The third kappa shape index (κ3) is 2.14. The number of alkyl halides is 4. The van der Waals surface area contributed by atoms with Crippen LogP contribution in [0.25, 0.3) is 0 Å². The summed E-state index contributed by atoms with van der Waals surface area (Å²) in [7, 11) is 0. The summed E-state index contributed by atoms with van der Waals surface area (Å²) in [6.45, 7) is -1.20. The molecule has 0 unspecified atom stereocenters. The fourth-order valence-corrected chi connectivity index (χ4v) is 1.70. The summed E-state index contributed by atoms with van der Waals surface area (Å²) in [6.07, 6.45) is -4.60. The Kier molecular flexibility index (Phi) is 2.87. The van der Waals surface area contributed by atoms with E-state index in [2.05, 4.69) is 4.74 Å². The van der Waals surface area contributed by atoms with Crippen molar-refractivity contribution >= 4 is 0 Å². The van der Waals surface area contributed by atoms with E-state index in [4.69, 9.17) is 5.11 Å². The second-order valence-electron chi connectivity index (χ2n) is 3.99. The zero-order chi connectivity index (χ0) is 12.7. The van der Waals surface area contributed by atoms with Crippen LogP contribution in [0.3, 0.4) is 0 Å². The van der Waals surface area contributed by atoms with Crippen molar-refractivity contribution in [3.8, 4) is 0 Å². The molecule has 1 heterocycles. The maximum absolute atomic E-state index is 13.9. The quantitative estimate of drug-likeness (QED) is 0.817. The highest BCUT2D eigenvalue weighted by Gasteiger charge is 2.42. The van der Waals surface area contributed by atoms with E-state index in [1.807, 2.05) is 0 Å². The Labute approximate surface area is 94.8 Å². The van der Waals surface area contributed by atoms with Gasteiger partial charge < -0.3 is 9.84 Å². The van der Waals surface area contributed by atoms with Crippen molar-refractivity contribution in [3.05, 3.63) is 34.9 Å². The fourth-order valence-electron chi connectivity index (χ4n) is 1.70. The van der Waals surface area contributed by atoms with Crippen molar-refractivity contribution < 1.29 is 27.4 Å². The predicted molar refractivity (Wildman–Crippen MR) is 51.0 cm³/mol. The Morgan fingerprint density at radius 1 is 1.29 bits per heavy atom. The van der Waals surface area contributed by atoms with Gasteiger partial charge in [0.05, 0.1) is 25.4 Å². The number of hydrogen-bond donors (Lipinski definition) is 1. The predicted octanol–water partition coefficient (Wildman–Crippen LogP) is 2.39. The van der Waals surface area contributed by atoms with E-state index in [-0.39, 0.29) is 24.3 Å². The molecule has 94 valence electrons. The first-order valence-electron chi connectivity index (χ1n) is 4.95. The zero-order valence-electron chi connectivity index (χ0n) is 8.72. The number of aliphatic hydroxyl groups excluding tert-OH is 1. The van der Waals surface area contributed by atoms with E-state index in [0.29, 0.717) is 0 Å². The molecular weight excluding hydrogens is 240 g/mol. The standard InChI is InChI=1S/C11H10F4O2/c12-10(5-17-6-10)8-2-1-7(4-16)9(3-8)11(13,14)15/h1-3,16H,4-6H2. The largest absolute Gasteiger partial charge is 0.416 e. The van der Waals surface area contributed by atoms with Crippen molar-refractivity contribution in [1.82, 2.24) is 0 Å². The van der Waals surface area contributed by atoms with Crippen LogP contribution in [-0.2, 0) is 23.2 Å². The van der Waals surface area contributed by atoms with Crippen molar-refractivity contribution in [3.63, 3.8) is 0 Å². The first-order chi connectivity index (χ1) is 7.87. The van der Waals surface area contributed by atoms with E-state index >= 15 is 0 Å². The molecule has 2 nitrogen and oxygen atoms in total. The lowest BCUT2D eigenvalue weighted by molar-refractivity contribution is -0.142. The van der Waals surface area contributed by atoms with E-state index in [1.54, 1.807) is 0 Å². The molecule has 17 heavy (non-hydrogen) atoms. The van der Waals surface area contributed by atoms with Crippen LogP contribution in [-0.4, -0.2) is 18.3 Å². The molecule has 1 aliphatic heterocycles. The second kappa shape index (κ2) is 3.96. The normalized spacial score (nSPS) is 18.9. The molecule has 0 spiro atoms. The summed E-state index contributed by atoms with van der Waals surface area (Å²) in [4.78, 5) is 0. The average molecular weight is 250 g/mol. The van der Waals surface area contributed by atoms with Gasteiger partial charge in [0.2, 0.25) is 0 Å². The molecule has 1 N–H and O–H groups in total. The molecule has 1 aromatic rings. The first kappa shape index (κ1) is 12.3. The number of benzene rings is 1. The smallest absolute Gasteiger partial charge is 0.392 e. The summed E-state index contributed by atoms with van der Waals surface area (Å²) in [5, 5.41) is 8.83. The zero-order valence-corrected chi connectivity index (χ0v) is 8.72. The van der Waals surface area contributed by atoms with Gasteiger partial charge in [-0.25, -0.2) is 4.39 Å². The van der Waals surface area contributed by atoms with Crippen molar-refractivity contribution in [1.29, 1.82) is 0 Å². The Balaban J connectivity index is 2.45. The molecule has 0 aliphatic carbocycles. The lowest BCUT2D eigenvalue weighted by Crippen LogP contribution is -2.42. The summed E-state index contributed by atoms with van der Waals surface area (Å²) in [5.41, 5.74) is -3.16. The summed E-state index contributed by atoms with van der Waals surface area (Å²) >= 11 is 0. The highest BCUT2D eigenvalue weighted by atomic mass is 19.4. The van der Waals surface area contributed by atoms with Crippen molar-refractivity contribution in [2.45, 2.75) is 18.5 Å². The van der Waals surface area contributed by atoms with Crippen LogP contribution in [0.4, 0.5) is 17.6 Å². The van der Waals surface area contributed by atoms with Gasteiger partial charge in [-0.2, -0.15) is 13.2 Å². The van der Waals surface area contributed by atoms with E-state index in [1.165, 1.54) is 6.07 Å². The molecule has 2 rings (SSSR count). The summed E-state index contributed by atoms with van der Waals surface area (Å²) < 4.78 is 56.5. The van der Waals surface area contributed by atoms with Crippen LogP contribution < -0.4 is 0 Å². The van der Waals surface area contributed by atoms with Crippen LogP contribution in [0.1, 0.15) is 16.7 Å². The Bertz CT molecular complexity index is 424. The molecule has 0 amide bonds. The number of rotatable bonds is 2. The maximum Gasteiger partial charge on any atom is 0.416 e. The first-order valence-corrected chi connectivity index (χ1v) is 4.95. The van der Waals surface area contributed by atoms with Gasteiger partial charge in [0.15, 0.2) is 5.67 Å². The van der Waals surface area contributed by atoms with Gasteiger partial charge in [0, 0.05) is 0 Å². The monoisotopic (exact) mass is 250 g/mol. The lowest BCUT2D eigenvalue weighted by Gasteiger charge is -2.34. The molecule has 0 aromatic heterocycles. The van der Waals surface area contributed by atoms with Crippen LogP contribution in [0, 0.1) is 0 Å². The van der Waals surface area contributed by atoms with Gasteiger partial charge in [-0.05, 0) is 17.2 Å². The highest BCUT2D eigenvalue weighted by Crippen LogP contribution is 2.39. The van der Waals surface area contributed by atoms with Gasteiger partial charge in [-0.3, -0.25) is 0 Å². The van der Waals surface area contributed by atoms with E-state index < -0.39 is 24.0 Å². The van der Waals surface area contributed by atoms with Crippen LogP contribution in [0.2, 0.25) is 0 Å². The minimum atomic E-state index is -4.60. The Morgan fingerprint density at radius 3 is 2.35 bits per heavy atom. The van der Waals surface area contributed by atoms with Gasteiger partial charge in [-0.1, -0.05) is 12.1 Å². The van der Waals surface area contributed by atoms with Crippen molar-refractivity contribution in [2.75, 3.05) is 13.2 Å². The van der Waals surface area contributed by atoms with Crippen molar-refractivity contribution in [2.24, 2.45) is 0 Å². The second-order valence-corrected chi connectivity index (χ2v) is 3.99. The third-order valence-corrected chi connectivity index (χ3v) is 2.76. The van der Waals surface area contributed by atoms with Crippen LogP contribution in [0.5, 0.6) is 0 Å². The van der Waals surface area contributed by atoms with Gasteiger partial charge in [-0.15, -0.1) is 0 Å². The van der Waals surface area contributed by atoms with Gasteiger partial charge in [0.1, 0.15) is 0 Å². The fraction of sp³-hybridized carbons (Fsp3) is 0.455. The van der Waals surface area contributed by atoms with Gasteiger partial charge >= 0.3 is 6.18 Å². The van der Waals surface area contributed by atoms with E-state index in [0.717, 1.165) is 12.1 Å². The minimum Gasteiger partial charge on any atom is -0.392 e. The molecule has 1 fully saturated rings. The SMILES string of the molecule is OCc1ccc(C2(F)COC2)cc1C(F)(F)F. The Morgan fingerprint density at radius 2 is 1.94 bits per heavy atom. The molecule has 6 heteroatoms.